The number of carboxylic acids is 1. The van der Waals surface area contributed by atoms with Crippen LogP contribution >= 0.6 is 15.9 Å². The van der Waals surface area contributed by atoms with Gasteiger partial charge in [-0.3, -0.25) is 0 Å². The first kappa shape index (κ1) is 10.2. The standard InChI is InChI=1S/C10H8BrNO3/c11-7-3-1-6(2-4-7)9-12-8(5-15-9)10(13)14/h1-4,8H,5H2,(H,13,14). The van der Waals surface area contributed by atoms with Crippen molar-refractivity contribution in [3.8, 4) is 0 Å². The van der Waals surface area contributed by atoms with Crippen LogP contribution in [0.25, 0.3) is 0 Å². The van der Waals surface area contributed by atoms with E-state index in [-0.39, 0.29) is 6.61 Å². The first-order chi connectivity index (χ1) is 7.16. The van der Waals surface area contributed by atoms with Gasteiger partial charge in [-0.2, -0.15) is 0 Å². The van der Waals surface area contributed by atoms with E-state index in [1.807, 2.05) is 24.3 Å². The normalized spacial score (nSPS) is 19.5. The van der Waals surface area contributed by atoms with Crippen LogP contribution in [0.4, 0.5) is 0 Å². The van der Waals surface area contributed by atoms with Crippen LogP contribution in [0.5, 0.6) is 0 Å². The van der Waals surface area contributed by atoms with Gasteiger partial charge in [0.25, 0.3) is 0 Å². The second kappa shape index (κ2) is 4.02. The van der Waals surface area contributed by atoms with E-state index >= 15 is 0 Å². The third kappa shape index (κ3) is 2.18. The monoisotopic (exact) mass is 269 g/mol. The molecule has 0 amide bonds. The zero-order valence-corrected chi connectivity index (χ0v) is 9.27. The summed E-state index contributed by atoms with van der Waals surface area (Å²) in [6.45, 7) is 0.112. The lowest BCUT2D eigenvalue weighted by atomic mass is 10.2. The average molecular weight is 270 g/mol. The Labute approximate surface area is 94.7 Å². The van der Waals surface area contributed by atoms with Crippen molar-refractivity contribution in [1.29, 1.82) is 0 Å². The van der Waals surface area contributed by atoms with Gasteiger partial charge >= 0.3 is 5.97 Å². The summed E-state index contributed by atoms with van der Waals surface area (Å²) in [4.78, 5) is 14.6. The number of hydrogen-bond acceptors (Lipinski definition) is 3. The highest BCUT2D eigenvalue weighted by Crippen LogP contribution is 2.15. The number of ether oxygens (including phenoxy) is 1. The highest BCUT2D eigenvalue weighted by Gasteiger charge is 2.25. The summed E-state index contributed by atoms with van der Waals surface area (Å²) in [6.07, 6.45) is 0. The number of aliphatic carboxylic acids is 1. The Hall–Kier alpha value is -1.36. The zero-order chi connectivity index (χ0) is 10.8. The van der Waals surface area contributed by atoms with Crippen LogP contribution in [0.1, 0.15) is 5.56 Å². The van der Waals surface area contributed by atoms with Gasteiger partial charge in [0, 0.05) is 10.0 Å². The molecular formula is C10H8BrNO3. The van der Waals surface area contributed by atoms with Crippen LogP contribution < -0.4 is 0 Å². The predicted octanol–water partition coefficient (Wildman–Crippen LogP) is 1.68. The number of carbonyl (C=O) groups is 1. The second-order valence-electron chi connectivity index (χ2n) is 3.11. The smallest absolute Gasteiger partial charge is 0.332 e. The summed E-state index contributed by atoms with van der Waals surface area (Å²) in [5.41, 5.74) is 0.793. The van der Waals surface area contributed by atoms with E-state index in [2.05, 4.69) is 20.9 Å². The van der Waals surface area contributed by atoms with Crippen LogP contribution in [-0.4, -0.2) is 29.6 Å². The fraction of sp³-hybridized carbons (Fsp3) is 0.200. The largest absolute Gasteiger partial charge is 0.480 e. The molecule has 15 heavy (non-hydrogen) atoms. The number of halogens is 1. The van der Waals surface area contributed by atoms with Crippen LogP contribution in [0.2, 0.25) is 0 Å². The number of rotatable bonds is 2. The molecule has 4 nitrogen and oxygen atoms in total. The van der Waals surface area contributed by atoms with Crippen molar-refractivity contribution < 1.29 is 14.6 Å². The van der Waals surface area contributed by atoms with Crippen LogP contribution in [0.3, 0.4) is 0 Å². The van der Waals surface area contributed by atoms with Crippen LogP contribution in [-0.2, 0) is 9.53 Å². The lowest BCUT2D eigenvalue weighted by molar-refractivity contribution is -0.138. The van der Waals surface area contributed by atoms with E-state index in [1.54, 1.807) is 0 Å². The summed E-state index contributed by atoms with van der Waals surface area (Å²) in [5, 5.41) is 8.73. The third-order valence-electron chi connectivity index (χ3n) is 2.03. The van der Waals surface area contributed by atoms with Crippen molar-refractivity contribution in [2.75, 3.05) is 6.61 Å². The van der Waals surface area contributed by atoms with Gasteiger partial charge in [0.15, 0.2) is 6.04 Å². The predicted molar refractivity (Wildman–Crippen MR) is 58.1 cm³/mol. The average Bonchev–Trinajstić information content (AvgIpc) is 2.68. The molecule has 2 rings (SSSR count). The number of nitrogens with zero attached hydrogens (tertiary/aromatic N) is 1. The van der Waals surface area contributed by atoms with Crippen molar-refractivity contribution in [3.63, 3.8) is 0 Å². The Morgan fingerprint density at radius 3 is 2.67 bits per heavy atom. The Balaban J connectivity index is 2.22. The molecular weight excluding hydrogens is 262 g/mol. The molecule has 1 aromatic rings. The van der Waals surface area contributed by atoms with E-state index in [4.69, 9.17) is 9.84 Å². The van der Waals surface area contributed by atoms with Crippen molar-refractivity contribution in [2.45, 2.75) is 6.04 Å². The molecule has 1 N–H and O–H groups in total. The minimum Gasteiger partial charge on any atom is -0.480 e. The Morgan fingerprint density at radius 2 is 2.13 bits per heavy atom. The number of carboxylic acid groups (broad SMARTS) is 1. The SMILES string of the molecule is O=C(O)C1COC(c2ccc(Br)cc2)=N1. The minimum absolute atomic E-state index is 0.112. The summed E-state index contributed by atoms with van der Waals surface area (Å²) in [5.74, 6) is -0.558. The molecule has 0 radical (unpaired) electrons. The Bertz CT molecular complexity index is 413. The molecule has 1 heterocycles. The maximum atomic E-state index is 10.6. The second-order valence-corrected chi connectivity index (χ2v) is 4.02. The summed E-state index contributed by atoms with van der Waals surface area (Å²) < 4.78 is 6.16. The molecule has 0 aliphatic carbocycles. The fourth-order valence-corrected chi connectivity index (χ4v) is 1.52. The number of hydrogen-bond donors (Lipinski definition) is 1. The molecule has 0 saturated carbocycles. The van der Waals surface area contributed by atoms with Gasteiger partial charge in [-0.15, -0.1) is 0 Å². The molecule has 1 aliphatic rings. The lowest BCUT2D eigenvalue weighted by Gasteiger charge is -2.00. The van der Waals surface area contributed by atoms with E-state index < -0.39 is 12.0 Å². The molecule has 0 bridgehead atoms. The molecule has 1 aliphatic heterocycles. The van der Waals surface area contributed by atoms with Crippen molar-refractivity contribution in [1.82, 2.24) is 0 Å². The molecule has 0 aromatic heterocycles. The lowest BCUT2D eigenvalue weighted by Crippen LogP contribution is -2.18. The first-order valence-corrected chi connectivity index (χ1v) is 5.15. The van der Waals surface area contributed by atoms with Crippen molar-refractivity contribution in [2.24, 2.45) is 4.99 Å². The summed E-state index contributed by atoms with van der Waals surface area (Å²) in [6, 6.07) is 6.59. The Morgan fingerprint density at radius 1 is 1.47 bits per heavy atom. The van der Waals surface area contributed by atoms with Gasteiger partial charge in [0.1, 0.15) is 6.61 Å². The van der Waals surface area contributed by atoms with E-state index in [9.17, 15) is 4.79 Å². The maximum absolute atomic E-state index is 10.6. The minimum atomic E-state index is -0.956. The summed E-state index contributed by atoms with van der Waals surface area (Å²) >= 11 is 3.31. The molecule has 0 fully saturated rings. The van der Waals surface area contributed by atoms with Crippen LogP contribution in [0.15, 0.2) is 33.7 Å². The highest BCUT2D eigenvalue weighted by atomic mass is 79.9. The van der Waals surface area contributed by atoms with E-state index in [0.29, 0.717) is 5.90 Å². The van der Waals surface area contributed by atoms with Gasteiger partial charge < -0.3 is 9.84 Å². The van der Waals surface area contributed by atoms with Crippen molar-refractivity contribution >= 4 is 27.8 Å². The molecule has 78 valence electrons. The first-order valence-electron chi connectivity index (χ1n) is 4.36. The topological polar surface area (TPSA) is 58.9 Å². The van der Waals surface area contributed by atoms with Gasteiger partial charge in [-0.25, -0.2) is 9.79 Å². The van der Waals surface area contributed by atoms with Crippen LogP contribution in [0, 0.1) is 0 Å². The molecule has 0 spiro atoms. The van der Waals surface area contributed by atoms with Gasteiger partial charge in [0.05, 0.1) is 0 Å². The molecule has 1 atom stereocenters. The quantitative estimate of drug-likeness (QED) is 0.889. The zero-order valence-electron chi connectivity index (χ0n) is 7.68. The van der Waals surface area contributed by atoms with Gasteiger partial charge in [-0.1, -0.05) is 15.9 Å². The molecule has 5 heteroatoms. The third-order valence-corrected chi connectivity index (χ3v) is 2.56. The maximum Gasteiger partial charge on any atom is 0.332 e. The molecule has 0 saturated heterocycles. The van der Waals surface area contributed by atoms with Gasteiger partial charge in [-0.05, 0) is 24.3 Å². The number of aliphatic imine (C=N–C) groups is 1. The van der Waals surface area contributed by atoms with E-state index in [0.717, 1.165) is 10.0 Å². The fourth-order valence-electron chi connectivity index (χ4n) is 1.25. The highest BCUT2D eigenvalue weighted by molar-refractivity contribution is 9.10. The van der Waals surface area contributed by atoms with Crippen molar-refractivity contribution in [3.05, 3.63) is 34.3 Å². The molecule has 1 unspecified atom stereocenters. The van der Waals surface area contributed by atoms with Gasteiger partial charge in [0.2, 0.25) is 5.90 Å². The molecule has 1 aromatic carbocycles. The van der Waals surface area contributed by atoms with E-state index in [1.165, 1.54) is 0 Å². The number of benzene rings is 1. The Kier molecular flexibility index (Phi) is 2.73. The summed E-state index contributed by atoms with van der Waals surface area (Å²) in [7, 11) is 0.